The molecule has 3 N–H and O–H groups in total. The summed E-state index contributed by atoms with van der Waals surface area (Å²) in [4.78, 5) is 0. The van der Waals surface area contributed by atoms with Gasteiger partial charge in [0.15, 0.2) is 11.5 Å². The van der Waals surface area contributed by atoms with Crippen molar-refractivity contribution in [3.8, 4) is 22.8 Å². The summed E-state index contributed by atoms with van der Waals surface area (Å²) in [6.45, 7) is 2.65. The van der Waals surface area contributed by atoms with E-state index in [0.29, 0.717) is 47.4 Å². The van der Waals surface area contributed by atoms with Gasteiger partial charge in [-0.15, -0.1) is 0 Å². The standard InChI is InChI=1S/C14H16FN3O2/c1-8(15)9-5-12-13(20-4-2-3-19-12)6-10(9)11-7-14(16)18-17-11/h5-8H,2-4H2,1H3,(H3,16,17,18). The van der Waals surface area contributed by atoms with E-state index in [0.717, 1.165) is 6.42 Å². The van der Waals surface area contributed by atoms with Crippen molar-refractivity contribution < 1.29 is 13.9 Å². The zero-order chi connectivity index (χ0) is 14.1. The van der Waals surface area contributed by atoms with E-state index in [1.54, 1.807) is 18.2 Å². The molecule has 1 aliphatic rings. The number of rotatable bonds is 2. The van der Waals surface area contributed by atoms with Gasteiger partial charge in [-0.2, -0.15) is 5.10 Å². The Hall–Kier alpha value is -2.24. The molecular formula is C14H16FN3O2. The highest BCUT2D eigenvalue weighted by atomic mass is 19.1. The summed E-state index contributed by atoms with van der Waals surface area (Å²) < 4.78 is 25.1. The number of aromatic nitrogens is 2. The van der Waals surface area contributed by atoms with Crippen molar-refractivity contribution in [1.82, 2.24) is 10.2 Å². The molecule has 3 rings (SSSR count). The summed E-state index contributed by atoms with van der Waals surface area (Å²) in [5.74, 6) is 1.57. The molecule has 0 radical (unpaired) electrons. The van der Waals surface area contributed by atoms with E-state index in [4.69, 9.17) is 15.2 Å². The summed E-state index contributed by atoms with van der Waals surface area (Å²) in [5, 5.41) is 6.68. The van der Waals surface area contributed by atoms with Crippen LogP contribution in [-0.2, 0) is 0 Å². The Morgan fingerprint density at radius 3 is 2.55 bits per heavy atom. The van der Waals surface area contributed by atoms with Gasteiger partial charge in [0, 0.05) is 18.1 Å². The third-order valence-corrected chi connectivity index (χ3v) is 3.24. The number of alkyl halides is 1. The number of nitrogens with zero attached hydrogens (tertiary/aromatic N) is 1. The van der Waals surface area contributed by atoms with Crippen LogP contribution in [0.3, 0.4) is 0 Å². The first kappa shape index (κ1) is 12.8. The average Bonchev–Trinajstić information content (AvgIpc) is 2.72. The number of anilines is 1. The van der Waals surface area contributed by atoms with Crippen molar-refractivity contribution in [2.24, 2.45) is 0 Å². The summed E-state index contributed by atoms with van der Waals surface area (Å²) in [6.07, 6.45) is -0.326. The zero-order valence-electron chi connectivity index (χ0n) is 11.1. The Morgan fingerprint density at radius 2 is 1.95 bits per heavy atom. The molecule has 1 aromatic carbocycles. The highest BCUT2D eigenvalue weighted by molar-refractivity contribution is 5.70. The molecule has 0 saturated carbocycles. The minimum absolute atomic E-state index is 0.365. The average molecular weight is 277 g/mol. The Balaban J connectivity index is 2.14. The van der Waals surface area contributed by atoms with Gasteiger partial charge < -0.3 is 15.2 Å². The van der Waals surface area contributed by atoms with E-state index in [1.165, 1.54) is 6.92 Å². The summed E-state index contributed by atoms with van der Waals surface area (Å²) in [6, 6.07) is 5.14. The maximum atomic E-state index is 13.9. The summed E-state index contributed by atoms with van der Waals surface area (Å²) in [7, 11) is 0. The van der Waals surface area contributed by atoms with Crippen molar-refractivity contribution in [3.63, 3.8) is 0 Å². The Kier molecular flexibility index (Phi) is 3.22. The van der Waals surface area contributed by atoms with Gasteiger partial charge in [-0.05, 0) is 24.6 Å². The van der Waals surface area contributed by atoms with Gasteiger partial charge in [-0.1, -0.05) is 0 Å². The topological polar surface area (TPSA) is 73.2 Å². The fraction of sp³-hybridized carbons (Fsp3) is 0.357. The second-order valence-corrected chi connectivity index (χ2v) is 4.76. The van der Waals surface area contributed by atoms with Crippen LogP contribution in [0.1, 0.15) is 25.1 Å². The minimum Gasteiger partial charge on any atom is -0.490 e. The van der Waals surface area contributed by atoms with Gasteiger partial charge in [-0.25, -0.2) is 4.39 Å². The van der Waals surface area contributed by atoms with Crippen LogP contribution in [-0.4, -0.2) is 23.4 Å². The largest absolute Gasteiger partial charge is 0.490 e. The van der Waals surface area contributed by atoms with Crippen LogP contribution in [0.5, 0.6) is 11.5 Å². The molecule has 0 aliphatic carbocycles. The number of hydrogen-bond acceptors (Lipinski definition) is 4. The van der Waals surface area contributed by atoms with Crippen molar-refractivity contribution in [1.29, 1.82) is 0 Å². The van der Waals surface area contributed by atoms with Crippen molar-refractivity contribution in [2.45, 2.75) is 19.5 Å². The number of nitrogens with two attached hydrogens (primary N) is 1. The molecule has 0 saturated heterocycles. The van der Waals surface area contributed by atoms with Crippen LogP contribution in [0.15, 0.2) is 18.2 Å². The fourth-order valence-corrected chi connectivity index (χ4v) is 2.26. The van der Waals surface area contributed by atoms with Crippen molar-refractivity contribution >= 4 is 5.82 Å². The molecule has 0 spiro atoms. The van der Waals surface area contributed by atoms with E-state index in [-0.39, 0.29) is 0 Å². The quantitative estimate of drug-likeness (QED) is 0.885. The first-order valence-corrected chi connectivity index (χ1v) is 6.54. The molecule has 106 valence electrons. The normalized spacial score (nSPS) is 15.7. The monoisotopic (exact) mass is 277 g/mol. The molecule has 0 fully saturated rings. The second-order valence-electron chi connectivity index (χ2n) is 4.76. The van der Waals surface area contributed by atoms with Gasteiger partial charge >= 0.3 is 0 Å². The third-order valence-electron chi connectivity index (χ3n) is 3.24. The number of H-pyrrole nitrogens is 1. The van der Waals surface area contributed by atoms with Crippen LogP contribution in [0, 0.1) is 0 Å². The molecule has 1 aliphatic heterocycles. The first-order valence-electron chi connectivity index (χ1n) is 6.54. The van der Waals surface area contributed by atoms with E-state index < -0.39 is 6.17 Å². The Bertz CT molecular complexity index is 625. The van der Waals surface area contributed by atoms with Crippen molar-refractivity contribution in [2.75, 3.05) is 18.9 Å². The predicted molar refractivity (Wildman–Crippen MR) is 73.6 cm³/mol. The SMILES string of the molecule is CC(F)c1cc2c(cc1-c1cc(N)n[nH]1)OCCCO2. The molecule has 0 bridgehead atoms. The van der Waals surface area contributed by atoms with Gasteiger partial charge in [0.2, 0.25) is 0 Å². The molecule has 2 aromatic rings. The van der Waals surface area contributed by atoms with Crippen LogP contribution >= 0.6 is 0 Å². The van der Waals surface area contributed by atoms with Gasteiger partial charge in [0.05, 0.1) is 18.9 Å². The lowest BCUT2D eigenvalue weighted by Crippen LogP contribution is -1.97. The molecule has 6 heteroatoms. The maximum absolute atomic E-state index is 13.9. The Morgan fingerprint density at radius 1 is 1.25 bits per heavy atom. The minimum atomic E-state index is -1.13. The number of fused-ring (bicyclic) bond motifs is 1. The van der Waals surface area contributed by atoms with Crippen molar-refractivity contribution in [3.05, 3.63) is 23.8 Å². The highest BCUT2D eigenvalue weighted by Gasteiger charge is 2.20. The zero-order valence-corrected chi connectivity index (χ0v) is 11.1. The smallest absolute Gasteiger partial charge is 0.161 e. The molecule has 5 nitrogen and oxygen atoms in total. The molecule has 0 amide bonds. The summed E-state index contributed by atoms with van der Waals surface area (Å²) >= 11 is 0. The fourth-order valence-electron chi connectivity index (χ4n) is 2.26. The molecule has 1 atom stereocenters. The molecular weight excluding hydrogens is 261 g/mol. The molecule has 20 heavy (non-hydrogen) atoms. The van der Waals surface area contributed by atoms with Crippen LogP contribution < -0.4 is 15.2 Å². The van der Waals surface area contributed by atoms with Gasteiger partial charge in [-0.3, -0.25) is 5.10 Å². The van der Waals surface area contributed by atoms with Crippen LogP contribution in [0.4, 0.5) is 10.2 Å². The summed E-state index contributed by atoms with van der Waals surface area (Å²) in [5.41, 5.74) is 7.49. The van der Waals surface area contributed by atoms with E-state index in [9.17, 15) is 4.39 Å². The molecule has 2 heterocycles. The van der Waals surface area contributed by atoms with Gasteiger partial charge in [0.25, 0.3) is 0 Å². The van der Waals surface area contributed by atoms with Crippen LogP contribution in [0.2, 0.25) is 0 Å². The first-order chi connectivity index (χ1) is 9.65. The second kappa shape index (κ2) is 5.03. The molecule has 1 aromatic heterocycles. The lowest BCUT2D eigenvalue weighted by atomic mass is 10.00. The van der Waals surface area contributed by atoms with Crippen LogP contribution in [0.25, 0.3) is 11.3 Å². The number of benzene rings is 1. The number of halogens is 1. The highest BCUT2D eigenvalue weighted by Crippen LogP contribution is 2.40. The Labute approximate surface area is 115 Å². The number of nitrogen functional groups attached to an aromatic ring is 1. The molecule has 1 unspecified atom stereocenters. The van der Waals surface area contributed by atoms with E-state index in [2.05, 4.69) is 10.2 Å². The number of hydrogen-bond donors (Lipinski definition) is 2. The maximum Gasteiger partial charge on any atom is 0.161 e. The van der Waals surface area contributed by atoms with E-state index in [1.807, 2.05) is 0 Å². The predicted octanol–water partition coefficient (Wildman–Crippen LogP) is 2.85. The lowest BCUT2D eigenvalue weighted by Gasteiger charge is -2.14. The number of ether oxygens (including phenoxy) is 2. The van der Waals surface area contributed by atoms with E-state index >= 15 is 0 Å². The lowest BCUT2D eigenvalue weighted by molar-refractivity contribution is 0.296. The number of nitrogens with one attached hydrogen (secondary N) is 1. The number of aromatic amines is 1. The van der Waals surface area contributed by atoms with Gasteiger partial charge in [0.1, 0.15) is 12.0 Å². The third kappa shape index (κ3) is 2.29.